The Labute approximate surface area is 230 Å². The highest BCUT2D eigenvalue weighted by atomic mass is 32.1. The zero-order valence-corrected chi connectivity index (χ0v) is 22.7. The molecule has 0 saturated carbocycles. The lowest BCUT2D eigenvalue weighted by molar-refractivity contribution is -0.145. The summed E-state index contributed by atoms with van der Waals surface area (Å²) in [5.41, 5.74) is 2.74. The highest BCUT2D eigenvalue weighted by molar-refractivity contribution is 7.16. The molecule has 8 nitrogen and oxygen atoms in total. The molecule has 0 bridgehead atoms. The Balaban J connectivity index is 1.37. The fraction of sp³-hybridized carbons (Fsp3) is 0.267. The number of hydrogen-bond acceptors (Lipinski definition) is 7. The first-order valence-electron chi connectivity index (χ1n) is 12.7. The Morgan fingerprint density at radius 2 is 1.72 bits per heavy atom. The van der Waals surface area contributed by atoms with Crippen molar-refractivity contribution < 1.29 is 23.9 Å². The van der Waals surface area contributed by atoms with E-state index in [-0.39, 0.29) is 23.2 Å². The molecule has 0 aliphatic rings. The van der Waals surface area contributed by atoms with Gasteiger partial charge >= 0.3 is 10.8 Å². The van der Waals surface area contributed by atoms with Crippen molar-refractivity contribution in [1.82, 2.24) is 9.88 Å². The summed E-state index contributed by atoms with van der Waals surface area (Å²) >= 11 is 1.10. The third kappa shape index (κ3) is 7.00. The maximum atomic E-state index is 12.8. The van der Waals surface area contributed by atoms with Crippen LogP contribution in [0.4, 0.5) is 0 Å². The van der Waals surface area contributed by atoms with Crippen LogP contribution < -0.4 is 14.9 Å². The molecule has 1 atom stereocenters. The molecule has 1 N–H and O–H groups in total. The molecule has 0 fully saturated rings. The highest BCUT2D eigenvalue weighted by Gasteiger charge is 2.21. The van der Waals surface area contributed by atoms with Crippen molar-refractivity contribution in [3.63, 3.8) is 0 Å². The second kappa shape index (κ2) is 13.0. The molecule has 9 heteroatoms. The van der Waals surface area contributed by atoms with Crippen molar-refractivity contribution in [1.29, 1.82) is 0 Å². The number of ether oxygens (including phenoxy) is 2. The van der Waals surface area contributed by atoms with Crippen LogP contribution in [0.5, 0.6) is 5.75 Å². The van der Waals surface area contributed by atoms with E-state index in [4.69, 9.17) is 9.47 Å². The van der Waals surface area contributed by atoms with Crippen molar-refractivity contribution in [2.75, 3.05) is 13.7 Å². The van der Waals surface area contributed by atoms with Crippen molar-refractivity contribution in [3.8, 4) is 5.75 Å². The summed E-state index contributed by atoms with van der Waals surface area (Å²) < 4.78 is 13.1. The number of hydrogen-bond donors (Lipinski definition) is 1. The molecule has 39 heavy (non-hydrogen) atoms. The van der Waals surface area contributed by atoms with Gasteiger partial charge in [0.05, 0.1) is 23.9 Å². The number of fused-ring (bicyclic) bond motifs is 1. The van der Waals surface area contributed by atoms with Crippen LogP contribution in [-0.2, 0) is 27.3 Å². The fourth-order valence-electron chi connectivity index (χ4n) is 4.22. The first-order valence-corrected chi connectivity index (χ1v) is 13.5. The van der Waals surface area contributed by atoms with Gasteiger partial charge in [-0.2, -0.15) is 0 Å². The number of thiazole rings is 1. The lowest BCUT2D eigenvalue weighted by Crippen LogP contribution is -2.42. The molecule has 0 aliphatic heterocycles. The first-order chi connectivity index (χ1) is 18.9. The van der Waals surface area contributed by atoms with Crippen LogP contribution in [0.1, 0.15) is 41.3 Å². The van der Waals surface area contributed by atoms with Crippen molar-refractivity contribution >= 4 is 39.2 Å². The number of nitrogens with zero attached hydrogens (tertiary/aromatic N) is 1. The summed E-state index contributed by atoms with van der Waals surface area (Å²) in [5, 5.41) is 2.72. The number of amides is 1. The Morgan fingerprint density at radius 1 is 0.974 bits per heavy atom. The molecule has 1 unspecified atom stereocenters. The van der Waals surface area contributed by atoms with E-state index in [1.807, 2.05) is 37.3 Å². The van der Waals surface area contributed by atoms with Gasteiger partial charge in [-0.3, -0.25) is 19.0 Å². The number of nitrogens with one attached hydrogen (secondary N) is 1. The average molecular weight is 547 g/mol. The second-order valence-corrected chi connectivity index (χ2v) is 9.98. The predicted molar refractivity (Wildman–Crippen MR) is 150 cm³/mol. The molecule has 1 amide bonds. The number of carbonyl (C=O) groups is 3. The largest absolute Gasteiger partial charge is 0.492 e. The zero-order valence-electron chi connectivity index (χ0n) is 21.8. The molecular weight excluding hydrogens is 516 g/mol. The number of benzene rings is 3. The van der Waals surface area contributed by atoms with Crippen molar-refractivity contribution in [2.24, 2.45) is 0 Å². The summed E-state index contributed by atoms with van der Waals surface area (Å²) in [6, 6.07) is 20.8. The minimum absolute atomic E-state index is 0.0853. The maximum Gasteiger partial charge on any atom is 0.328 e. The molecule has 0 aliphatic carbocycles. The van der Waals surface area contributed by atoms with Gasteiger partial charge in [0.25, 0.3) is 0 Å². The van der Waals surface area contributed by atoms with Crippen molar-refractivity contribution in [3.05, 3.63) is 99.2 Å². The van der Waals surface area contributed by atoms with Gasteiger partial charge in [0.2, 0.25) is 5.91 Å². The van der Waals surface area contributed by atoms with Gasteiger partial charge in [-0.15, -0.1) is 0 Å². The number of rotatable bonds is 12. The van der Waals surface area contributed by atoms with Gasteiger partial charge in [0.1, 0.15) is 18.4 Å². The predicted octanol–water partition coefficient (Wildman–Crippen LogP) is 4.37. The molecule has 4 aromatic rings. The lowest BCUT2D eigenvalue weighted by atomic mass is 10.0. The minimum atomic E-state index is -0.761. The molecule has 3 aromatic carbocycles. The van der Waals surface area contributed by atoms with Gasteiger partial charge in [0, 0.05) is 24.0 Å². The first kappa shape index (κ1) is 27.8. The summed E-state index contributed by atoms with van der Waals surface area (Å²) in [4.78, 5) is 49.4. The topological polar surface area (TPSA) is 104 Å². The standard InChI is InChI=1S/C30H30N2O6S/c1-3-7-27(33)31-24(29(35)37-2)18-20-10-13-23(14-11-20)38-17-16-32-25-15-12-22(19-26(25)39-30(32)36)28(34)21-8-5-4-6-9-21/h4-6,8-15,19,24H,3,7,16-18H2,1-2H3,(H,31,33). The molecule has 1 heterocycles. The zero-order chi connectivity index (χ0) is 27.8. The fourth-order valence-corrected chi connectivity index (χ4v) is 5.17. The molecule has 1 aromatic heterocycles. The van der Waals surface area contributed by atoms with E-state index in [9.17, 15) is 19.2 Å². The van der Waals surface area contributed by atoms with Crippen LogP contribution in [-0.4, -0.2) is 42.0 Å². The molecule has 0 radical (unpaired) electrons. The second-order valence-electron chi connectivity index (χ2n) is 8.99. The number of methoxy groups -OCH3 is 1. The summed E-state index contributed by atoms with van der Waals surface area (Å²) in [5.74, 6) is -0.155. The minimum Gasteiger partial charge on any atom is -0.492 e. The Morgan fingerprint density at radius 3 is 2.41 bits per heavy atom. The van der Waals surface area contributed by atoms with Crippen LogP contribution in [0.25, 0.3) is 10.2 Å². The quantitative estimate of drug-likeness (QED) is 0.209. The third-order valence-electron chi connectivity index (χ3n) is 6.21. The van der Waals surface area contributed by atoms with E-state index in [1.54, 1.807) is 47.0 Å². The summed E-state index contributed by atoms with van der Waals surface area (Å²) in [6.07, 6.45) is 1.33. The molecular formula is C30H30N2O6S. The van der Waals surface area contributed by atoms with Crippen molar-refractivity contribution in [2.45, 2.75) is 38.8 Å². The van der Waals surface area contributed by atoms with E-state index in [0.29, 0.717) is 42.7 Å². The summed E-state index contributed by atoms with van der Waals surface area (Å²) in [7, 11) is 1.30. The van der Waals surface area contributed by atoms with Gasteiger partial charge in [-0.1, -0.05) is 60.7 Å². The highest BCUT2D eigenvalue weighted by Crippen LogP contribution is 2.21. The molecule has 0 spiro atoms. The van der Waals surface area contributed by atoms with E-state index >= 15 is 0 Å². The Bertz CT molecular complexity index is 1510. The average Bonchev–Trinajstić information content (AvgIpc) is 3.27. The number of ketones is 1. The van der Waals surface area contributed by atoms with E-state index in [0.717, 1.165) is 27.1 Å². The number of carbonyl (C=O) groups excluding carboxylic acids is 3. The molecule has 4 rings (SSSR count). The SMILES string of the molecule is CCCC(=O)NC(Cc1ccc(OCCn2c(=O)sc3cc(C(=O)c4ccccc4)ccc32)cc1)C(=O)OC. The molecule has 0 saturated heterocycles. The van der Waals surface area contributed by atoms with Gasteiger partial charge < -0.3 is 14.8 Å². The van der Waals surface area contributed by atoms with Gasteiger partial charge in [0.15, 0.2) is 5.78 Å². The van der Waals surface area contributed by atoms with Crippen LogP contribution in [0, 0.1) is 0 Å². The van der Waals surface area contributed by atoms with Crippen LogP contribution >= 0.6 is 11.3 Å². The van der Waals surface area contributed by atoms with E-state index in [2.05, 4.69) is 5.32 Å². The van der Waals surface area contributed by atoms with Crippen LogP contribution in [0.2, 0.25) is 0 Å². The van der Waals surface area contributed by atoms with E-state index in [1.165, 1.54) is 7.11 Å². The van der Waals surface area contributed by atoms with Gasteiger partial charge in [-0.05, 0) is 42.3 Å². The Kier molecular flexibility index (Phi) is 9.27. The monoisotopic (exact) mass is 546 g/mol. The van der Waals surface area contributed by atoms with Crippen LogP contribution in [0.15, 0.2) is 77.6 Å². The summed E-state index contributed by atoms with van der Waals surface area (Å²) in [6.45, 7) is 2.52. The Hall–Kier alpha value is -4.24. The van der Waals surface area contributed by atoms with Gasteiger partial charge in [-0.25, -0.2) is 4.79 Å². The smallest absolute Gasteiger partial charge is 0.328 e. The normalized spacial score (nSPS) is 11.6. The van der Waals surface area contributed by atoms with E-state index < -0.39 is 12.0 Å². The number of esters is 1. The molecule has 202 valence electrons. The maximum absolute atomic E-state index is 12.8. The third-order valence-corrected chi connectivity index (χ3v) is 7.15. The lowest BCUT2D eigenvalue weighted by Gasteiger charge is -2.16. The van der Waals surface area contributed by atoms with Crippen LogP contribution in [0.3, 0.4) is 0 Å². The number of aromatic nitrogens is 1.